The zero-order chi connectivity index (χ0) is 16.7. The van der Waals surface area contributed by atoms with Crippen LogP contribution in [-0.4, -0.2) is 39.1 Å². The van der Waals surface area contributed by atoms with Gasteiger partial charge in [0, 0.05) is 31.9 Å². The van der Waals surface area contributed by atoms with Crippen LogP contribution in [-0.2, 0) is 18.4 Å². The molecule has 0 saturated carbocycles. The number of aryl methyl sites for hydroxylation is 3. The second kappa shape index (κ2) is 5.90. The highest BCUT2D eigenvalue weighted by Crippen LogP contribution is 2.29. The Hall–Kier alpha value is -2.41. The third-order valence-electron chi connectivity index (χ3n) is 4.74. The lowest BCUT2D eigenvalue weighted by molar-refractivity contribution is 0.0544. The van der Waals surface area contributed by atoms with E-state index in [4.69, 9.17) is 9.26 Å². The van der Waals surface area contributed by atoms with Gasteiger partial charge < -0.3 is 14.2 Å². The van der Waals surface area contributed by atoms with Gasteiger partial charge in [0.05, 0.1) is 35.7 Å². The summed E-state index contributed by atoms with van der Waals surface area (Å²) in [5.74, 6) is 0.841. The Balaban J connectivity index is 1.46. The van der Waals surface area contributed by atoms with Crippen molar-refractivity contribution in [3.63, 3.8) is 0 Å². The number of pyridine rings is 1. The summed E-state index contributed by atoms with van der Waals surface area (Å²) in [6.07, 6.45) is 4.94. The Bertz CT molecular complexity index is 850. The molecule has 1 atom stereocenters. The van der Waals surface area contributed by atoms with E-state index in [2.05, 4.69) is 26.2 Å². The summed E-state index contributed by atoms with van der Waals surface area (Å²) in [5, 5.41) is 9.38. The highest BCUT2D eigenvalue weighted by Gasteiger charge is 2.25. The van der Waals surface area contributed by atoms with Gasteiger partial charge in [-0.25, -0.2) is 4.98 Å². The summed E-state index contributed by atoms with van der Waals surface area (Å²) in [4.78, 5) is 6.76. The largest absolute Gasteiger partial charge is 0.371 e. The average Bonchev–Trinajstić information content (AvgIpc) is 3.27. The minimum Gasteiger partial charge on any atom is -0.371 e. The van der Waals surface area contributed by atoms with Gasteiger partial charge in [-0.2, -0.15) is 5.10 Å². The molecule has 7 nitrogen and oxygen atoms in total. The molecule has 7 heteroatoms. The van der Waals surface area contributed by atoms with Crippen molar-refractivity contribution in [1.82, 2.24) is 19.9 Å². The second-order valence-corrected chi connectivity index (χ2v) is 6.31. The topological polar surface area (TPSA) is 69.2 Å². The Morgan fingerprint density at radius 1 is 1.38 bits per heavy atom. The quantitative estimate of drug-likeness (QED) is 0.733. The minimum absolute atomic E-state index is 0.207. The molecule has 24 heavy (non-hydrogen) atoms. The maximum absolute atomic E-state index is 6.10. The molecule has 0 bridgehead atoms. The maximum atomic E-state index is 6.10. The number of nitrogens with zero attached hydrogens (tertiary/aromatic N) is 5. The van der Waals surface area contributed by atoms with Crippen molar-refractivity contribution in [2.24, 2.45) is 7.05 Å². The smallest absolute Gasteiger partial charge is 0.159 e. The van der Waals surface area contributed by atoms with Crippen LogP contribution in [0.3, 0.4) is 0 Å². The third-order valence-corrected chi connectivity index (χ3v) is 4.74. The molecule has 0 aromatic carbocycles. The molecule has 0 aliphatic carbocycles. The van der Waals surface area contributed by atoms with E-state index in [0.29, 0.717) is 6.61 Å². The van der Waals surface area contributed by atoms with Gasteiger partial charge in [-0.05, 0) is 26.3 Å². The molecule has 3 aromatic heterocycles. The van der Waals surface area contributed by atoms with Crippen LogP contribution in [0.15, 0.2) is 23.0 Å². The van der Waals surface area contributed by atoms with E-state index in [1.54, 1.807) is 4.68 Å². The molecular formula is C17H21N5O2. The Morgan fingerprint density at radius 2 is 2.25 bits per heavy atom. The van der Waals surface area contributed by atoms with Gasteiger partial charge in [0.1, 0.15) is 5.76 Å². The molecule has 1 aliphatic rings. The summed E-state index contributed by atoms with van der Waals surface area (Å²) in [6.45, 7) is 6.28. The predicted octanol–water partition coefficient (Wildman–Crippen LogP) is 2.37. The van der Waals surface area contributed by atoms with Crippen LogP contribution in [0, 0.1) is 13.8 Å². The van der Waals surface area contributed by atoms with E-state index in [9.17, 15) is 0 Å². The van der Waals surface area contributed by atoms with E-state index in [0.717, 1.165) is 47.6 Å². The molecule has 0 radical (unpaired) electrons. The molecule has 1 saturated heterocycles. The van der Waals surface area contributed by atoms with Crippen LogP contribution < -0.4 is 4.90 Å². The van der Waals surface area contributed by atoms with Crippen LogP contribution >= 0.6 is 0 Å². The number of hydrogen-bond donors (Lipinski definition) is 0. The first kappa shape index (κ1) is 15.1. The van der Waals surface area contributed by atoms with Crippen LogP contribution in [0.4, 0.5) is 5.69 Å². The summed E-state index contributed by atoms with van der Waals surface area (Å²) in [5.41, 5.74) is 4.06. The number of ether oxygens (including phenoxy) is 1. The van der Waals surface area contributed by atoms with Gasteiger partial charge in [0.25, 0.3) is 0 Å². The van der Waals surface area contributed by atoms with Gasteiger partial charge in [-0.1, -0.05) is 5.16 Å². The van der Waals surface area contributed by atoms with Gasteiger partial charge in [0.2, 0.25) is 0 Å². The van der Waals surface area contributed by atoms with Crippen molar-refractivity contribution < 1.29 is 9.26 Å². The van der Waals surface area contributed by atoms with Crippen molar-refractivity contribution in [2.45, 2.75) is 33.0 Å². The number of aromatic nitrogens is 4. The van der Waals surface area contributed by atoms with Gasteiger partial charge >= 0.3 is 0 Å². The fraction of sp³-hybridized carbons (Fsp3) is 0.471. The second-order valence-electron chi connectivity index (χ2n) is 6.31. The third kappa shape index (κ3) is 2.54. The maximum Gasteiger partial charge on any atom is 0.159 e. The first-order valence-corrected chi connectivity index (χ1v) is 8.18. The van der Waals surface area contributed by atoms with E-state index in [1.165, 1.54) is 5.69 Å². The molecule has 3 aromatic rings. The number of rotatable bonds is 4. The zero-order valence-electron chi connectivity index (χ0n) is 14.2. The van der Waals surface area contributed by atoms with Crippen LogP contribution in [0.25, 0.3) is 11.0 Å². The summed E-state index contributed by atoms with van der Waals surface area (Å²) in [6, 6.07) is 2.06. The van der Waals surface area contributed by atoms with Crippen LogP contribution in [0.5, 0.6) is 0 Å². The summed E-state index contributed by atoms with van der Waals surface area (Å²) < 4.78 is 13.1. The molecule has 126 valence electrons. The van der Waals surface area contributed by atoms with Crippen molar-refractivity contribution in [3.05, 3.63) is 35.5 Å². The normalized spacial score (nSPS) is 18.0. The molecule has 0 N–H and O–H groups in total. The fourth-order valence-corrected chi connectivity index (χ4v) is 3.30. The minimum atomic E-state index is 0.207. The number of fused-ring (bicyclic) bond motifs is 1. The number of anilines is 1. The van der Waals surface area contributed by atoms with Gasteiger partial charge in [-0.15, -0.1) is 0 Å². The highest BCUT2D eigenvalue weighted by atomic mass is 16.5. The van der Waals surface area contributed by atoms with Gasteiger partial charge in [0.15, 0.2) is 5.65 Å². The first-order valence-electron chi connectivity index (χ1n) is 8.18. The standard InChI is InChI=1S/C17H21N5O2/c1-11-15(12(2)24-20-11)10-23-13-5-7-22(9-13)16-4-6-18-17-14(16)8-19-21(17)3/h4,6,8,13H,5,7,9-10H2,1-3H3. The highest BCUT2D eigenvalue weighted by molar-refractivity contribution is 5.89. The molecular weight excluding hydrogens is 306 g/mol. The van der Waals surface area contributed by atoms with E-state index in [1.807, 2.05) is 33.3 Å². The SMILES string of the molecule is Cc1noc(C)c1COC1CCN(c2ccnc3c2cnn3C)C1. The Labute approximate surface area is 140 Å². The van der Waals surface area contributed by atoms with Crippen molar-refractivity contribution >= 4 is 16.7 Å². The van der Waals surface area contributed by atoms with Crippen molar-refractivity contribution in [3.8, 4) is 0 Å². The predicted molar refractivity (Wildman–Crippen MR) is 89.9 cm³/mol. The van der Waals surface area contributed by atoms with Crippen molar-refractivity contribution in [2.75, 3.05) is 18.0 Å². The van der Waals surface area contributed by atoms with E-state index in [-0.39, 0.29) is 6.10 Å². The van der Waals surface area contributed by atoms with Crippen LogP contribution in [0.1, 0.15) is 23.4 Å². The Morgan fingerprint density at radius 3 is 3.04 bits per heavy atom. The number of hydrogen-bond acceptors (Lipinski definition) is 6. The monoisotopic (exact) mass is 327 g/mol. The fourth-order valence-electron chi connectivity index (χ4n) is 3.30. The lowest BCUT2D eigenvalue weighted by atomic mass is 10.2. The van der Waals surface area contributed by atoms with E-state index < -0.39 is 0 Å². The average molecular weight is 327 g/mol. The first-order chi connectivity index (χ1) is 11.6. The molecule has 1 aliphatic heterocycles. The Kier molecular flexibility index (Phi) is 3.72. The van der Waals surface area contributed by atoms with Crippen LogP contribution in [0.2, 0.25) is 0 Å². The molecule has 1 fully saturated rings. The molecule has 0 spiro atoms. The molecule has 0 amide bonds. The summed E-state index contributed by atoms with van der Waals surface area (Å²) in [7, 11) is 1.92. The molecule has 4 heterocycles. The summed E-state index contributed by atoms with van der Waals surface area (Å²) >= 11 is 0. The molecule has 4 rings (SSSR count). The lowest BCUT2D eigenvalue weighted by Gasteiger charge is -2.19. The van der Waals surface area contributed by atoms with Crippen molar-refractivity contribution in [1.29, 1.82) is 0 Å². The molecule has 1 unspecified atom stereocenters. The lowest BCUT2D eigenvalue weighted by Crippen LogP contribution is -2.23. The van der Waals surface area contributed by atoms with Gasteiger partial charge in [-0.3, -0.25) is 4.68 Å². The zero-order valence-corrected chi connectivity index (χ0v) is 14.2. The van der Waals surface area contributed by atoms with E-state index >= 15 is 0 Å².